The number of carbonyl (C=O) groups is 3. The summed E-state index contributed by atoms with van der Waals surface area (Å²) in [4.78, 5) is 39.6. The number of aryl methyl sites for hydroxylation is 1. The summed E-state index contributed by atoms with van der Waals surface area (Å²) in [6.07, 6.45) is 0.0209. The summed E-state index contributed by atoms with van der Waals surface area (Å²) in [5.74, 6) is -1.03. The van der Waals surface area contributed by atoms with Crippen LogP contribution < -0.4 is 5.32 Å². The van der Waals surface area contributed by atoms with Gasteiger partial charge in [-0.15, -0.1) is 0 Å². The number of ketones is 1. The second-order valence-corrected chi connectivity index (χ2v) is 8.44. The molecule has 0 saturated heterocycles. The molecule has 3 rings (SSSR count). The summed E-state index contributed by atoms with van der Waals surface area (Å²) >= 11 is 0. The highest BCUT2D eigenvalue weighted by molar-refractivity contribution is 6.15. The second kappa shape index (κ2) is 8.30. The van der Waals surface area contributed by atoms with Crippen molar-refractivity contribution >= 4 is 17.8 Å². The number of fused-ring (bicyclic) bond motifs is 1. The standard InChI is InChI=1S/C24H27NO5/c1-23(2,3)30-22(28)25-19(17-11-6-5-7-12-17)24(21(27)29-4)15-14-16-10-8-9-13-18(16)20(24)26/h5-13,19H,14-15H2,1-4H3,(H,25,28)/t19-,24+/m1/s1. The van der Waals surface area contributed by atoms with Crippen LogP contribution in [-0.2, 0) is 20.7 Å². The minimum absolute atomic E-state index is 0.213. The van der Waals surface area contributed by atoms with Crippen LogP contribution in [0.1, 0.15) is 54.7 Å². The lowest BCUT2D eigenvalue weighted by Gasteiger charge is -2.40. The van der Waals surface area contributed by atoms with E-state index >= 15 is 0 Å². The fraction of sp³-hybridized carbons (Fsp3) is 0.375. The first kappa shape index (κ1) is 21.6. The van der Waals surface area contributed by atoms with Crippen LogP contribution in [-0.4, -0.2) is 30.6 Å². The molecule has 1 aliphatic rings. The maximum Gasteiger partial charge on any atom is 0.408 e. The Hall–Kier alpha value is -3.15. The predicted octanol–water partition coefficient (Wildman–Crippen LogP) is 4.24. The largest absolute Gasteiger partial charge is 0.468 e. The number of carbonyl (C=O) groups excluding carboxylic acids is 3. The van der Waals surface area contributed by atoms with Gasteiger partial charge in [-0.25, -0.2) is 4.79 Å². The first-order valence-electron chi connectivity index (χ1n) is 9.94. The summed E-state index contributed by atoms with van der Waals surface area (Å²) in [6, 6.07) is 15.3. The van der Waals surface area contributed by atoms with E-state index in [9.17, 15) is 14.4 Å². The molecule has 0 unspecified atom stereocenters. The van der Waals surface area contributed by atoms with Crippen LogP contribution in [0.2, 0.25) is 0 Å². The minimum Gasteiger partial charge on any atom is -0.468 e. The predicted molar refractivity (Wildman–Crippen MR) is 112 cm³/mol. The van der Waals surface area contributed by atoms with Gasteiger partial charge in [-0.05, 0) is 44.7 Å². The summed E-state index contributed by atoms with van der Waals surface area (Å²) in [7, 11) is 1.26. The third-order valence-electron chi connectivity index (χ3n) is 5.29. The first-order valence-corrected chi connectivity index (χ1v) is 9.94. The number of ether oxygens (including phenoxy) is 2. The molecule has 0 fully saturated rings. The third kappa shape index (κ3) is 4.08. The zero-order chi connectivity index (χ0) is 21.9. The fourth-order valence-corrected chi connectivity index (χ4v) is 3.98. The van der Waals surface area contributed by atoms with E-state index in [4.69, 9.17) is 9.47 Å². The zero-order valence-corrected chi connectivity index (χ0v) is 17.7. The van der Waals surface area contributed by atoms with Crippen molar-refractivity contribution in [2.24, 2.45) is 5.41 Å². The smallest absolute Gasteiger partial charge is 0.408 e. The molecule has 0 radical (unpaired) electrons. The van der Waals surface area contributed by atoms with E-state index in [1.807, 2.05) is 18.2 Å². The number of hydrogen-bond donors (Lipinski definition) is 1. The van der Waals surface area contributed by atoms with Crippen LogP contribution in [0.3, 0.4) is 0 Å². The summed E-state index contributed by atoms with van der Waals surface area (Å²) < 4.78 is 10.5. The molecule has 0 aliphatic heterocycles. The van der Waals surface area contributed by atoms with Gasteiger partial charge in [0, 0.05) is 5.56 Å². The van der Waals surface area contributed by atoms with E-state index in [1.165, 1.54) is 7.11 Å². The normalized spacial score (nSPS) is 19.4. The lowest BCUT2D eigenvalue weighted by molar-refractivity contribution is -0.152. The molecule has 6 heteroatoms. The van der Waals surface area contributed by atoms with Crippen LogP contribution in [0, 0.1) is 5.41 Å². The van der Waals surface area contributed by atoms with Gasteiger partial charge >= 0.3 is 12.1 Å². The van der Waals surface area contributed by atoms with Crippen LogP contribution >= 0.6 is 0 Å². The zero-order valence-electron chi connectivity index (χ0n) is 17.7. The maximum atomic E-state index is 13.7. The number of alkyl carbamates (subject to hydrolysis) is 1. The average molecular weight is 409 g/mol. The van der Waals surface area contributed by atoms with Crippen molar-refractivity contribution in [1.29, 1.82) is 0 Å². The van der Waals surface area contributed by atoms with Gasteiger partial charge in [0.15, 0.2) is 11.2 Å². The lowest BCUT2D eigenvalue weighted by atomic mass is 9.64. The Bertz CT molecular complexity index is 948. The van der Waals surface area contributed by atoms with Gasteiger partial charge in [0.25, 0.3) is 0 Å². The van der Waals surface area contributed by atoms with Gasteiger partial charge in [0.1, 0.15) is 5.60 Å². The van der Waals surface area contributed by atoms with Crippen molar-refractivity contribution in [3.05, 3.63) is 71.3 Å². The van der Waals surface area contributed by atoms with E-state index in [0.717, 1.165) is 5.56 Å². The molecule has 0 heterocycles. The van der Waals surface area contributed by atoms with Crippen molar-refractivity contribution in [2.75, 3.05) is 7.11 Å². The van der Waals surface area contributed by atoms with Gasteiger partial charge < -0.3 is 14.8 Å². The molecule has 1 aliphatic carbocycles. The SMILES string of the molecule is COC(=O)[C@]1([C@H](NC(=O)OC(C)(C)C)c2ccccc2)CCc2ccccc2C1=O. The van der Waals surface area contributed by atoms with Gasteiger partial charge in [-0.1, -0.05) is 54.6 Å². The van der Waals surface area contributed by atoms with Gasteiger partial charge in [0.05, 0.1) is 13.2 Å². The van der Waals surface area contributed by atoms with Crippen molar-refractivity contribution < 1.29 is 23.9 Å². The van der Waals surface area contributed by atoms with E-state index in [-0.39, 0.29) is 12.2 Å². The topological polar surface area (TPSA) is 81.7 Å². The molecule has 0 bridgehead atoms. The Morgan fingerprint density at radius 1 is 1.03 bits per heavy atom. The molecule has 0 aromatic heterocycles. The molecule has 2 aromatic carbocycles. The van der Waals surface area contributed by atoms with Gasteiger partial charge in [0.2, 0.25) is 0 Å². The maximum absolute atomic E-state index is 13.7. The number of benzene rings is 2. The summed E-state index contributed by atoms with van der Waals surface area (Å²) in [6.45, 7) is 5.26. The molecule has 1 amide bonds. The quantitative estimate of drug-likeness (QED) is 0.603. The Morgan fingerprint density at radius 2 is 1.67 bits per heavy atom. The van der Waals surface area contributed by atoms with Gasteiger partial charge in [-0.3, -0.25) is 9.59 Å². The molecular weight excluding hydrogens is 382 g/mol. The highest BCUT2D eigenvalue weighted by Gasteiger charge is 2.56. The molecule has 2 aromatic rings. The second-order valence-electron chi connectivity index (χ2n) is 8.44. The number of nitrogens with one attached hydrogen (secondary N) is 1. The highest BCUT2D eigenvalue weighted by Crippen LogP contribution is 2.46. The van der Waals surface area contributed by atoms with Gasteiger partial charge in [-0.2, -0.15) is 0 Å². The van der Waals surface area contributed by atoms with Crippen LogP contribution in [0.4, 0.5) is 4.79 Å². The first-order chi connectivity index (χ1) is 14.2. The van der Waals surface area contributed by atoms with E-state index < -0.39 is 29.1 Å². The number of esters is 1. The highest BCUT2D eigenvalue weighted by atomic mass is 16.6. The average Bonchev–Trinajstić information content (AvgIpc) is 2.72. The van der Waals surface area contributed by atoms with E-state index in [1.54, 1.807) is 57.2 Å². The van der Waals surface area contributed by atoms with Crippen molar-refractivity contribution in [2.45, 2.75) is 45.3 Å². The van der Waals surface area contributed by atoms with E-state index in [0.29, 0.717) is 17.5 Å². The van der Waals surface area contributed by atoms with Crippen molar-refractivity contribution in [1.82, 2.24) is 5.32 Å². The number of Topliss-reactive ketones (excluding diaryl/α,β-unsaturated/α-hetero) is 1. The molecule has 1 N–H and O–H groups in total. The number of amides is 1. The molecule has 0 spiro atoms. The Kier molecular flexibility index (Phi) is 5.97. The summed E-state index contributed by atoms with van der Waals surface area (Å²) in [5.41, 5.74) is -0.345. The lowest BCUT2D eigenvalue weighted by Crippen LogP contribution is -2.54. The molecule has 6 nitrogen and oxygen atoms in total. The molecule has 2 atom stereocenters. The molecule has 30 heavy (non-hydrogen) atoms. The van der Waals surface area contributed by atoms with Crippen molar-refractivity contribution in [3.8, 4) is 0 Å². The third-order valence-corrected chi connectivity index (χ3v) is 5.29. The molecule has 0 saturated carbocycles. The summed E-state index contributed by atoms with van der Waals surface area (Å²) in [5, 5.41) is 2.79. The molecular formula is C24H27NO5. The molecule has 158 valence electrons. The monoisotopic (exact) mass is 409 g/mol. The van der Waals surface area contributed by atoms with Crippen LogP contribution in [0.25, 0.3) is 0 Å². The Morgan fingerprint density at radius 3 is 2.30 bits per heavy atom. The number of methoxy groups -OCH3 is 1. The number of hydrogen-bond acceptors (Lipinski definition) is 5. The van der Waals surface area contributed by atoms with E-state index in [2.05, 4.69) is 5.32 Å². The van der Waals surface area contributed by atoms with Crippen molar-refractivity contribution in [3.63, 3.8) is 0 Å². The number of rotatable bonds is 4. The Labute approximate surface area is 176 Å². The fourth-order valence-electron chi connectivity index (χ4n) is 3.98. The Balaban J connectivity index is 2.13. The minimum atomic E-state index is -1.60. The van der Waals surface area contributed by atoms with Crippen LogP contribution in [0.5, 0.6) is 0 Å². The van der Waals surface area contributed by atoms with Crippen LogP contribution in [0.15, 0.2) is 54.6 Å².